The molecule has 2 N–H and O–H groups in total. The van der Waals surface area contributed by atoms with E-state index in [1.807, 2.05) is 60.7 Å². The molecule has 2 aliphatic heterocycles. The monoisotopic (exact) mass is 841 g/mol. The molecule has 0 aromatic heterocycles. The van der Waals surface area contributed by atoms with Crippen molar-refractivity contribution in [1.82, 2.24) is 9.80 Å². The van der Waals surface area contributed by atoms with Crippen molar-refractivity contribution in [3.8, 4) is 0 Å². The Kier molecular flexibility index (Phi) is 13.5. The van der Waals surface area contributed by atoms with Gasteiger partial charge in [-0.05, 0) is 125 Å². The fourth-order valence-electron chi connectivity index (χ4n) is 7.72. The van der Waals surface area contributed by atoms with Gasteiger partial charge < -0.3 is 28.8 Å². The van der Waals surface area contributed by atoms with Crippen LogP contribution in [0.25, 0.3) is 0 Å². The number of carbonyl (C=O) groups is 4. The summed E-state index contributed by atoms with van der Waals surface area (Å²) in [5, 5.41) is 15.6. The molecule has 2 aliphatic rings. The number of nitrogens with zero attached hydrogens (tertiary/aromatic N) is 2. The lowest BCUT2D eigenvalue weighted by molar-refractivity contribution is -0.120. The lowest BCUT2D eigenvalue weighted by atomic mass is 9.82. The number of amides is 3. The van der Waals surface area contributed by atoms with Crippen LogP contribution in [-0.4, -0.2) is 85.4 Å². The average molecular weight is 842 g/mol. The number of allylic oxidation sites excluding steroid dienone is 1. The van der Waals surface area contributed by atoms with E-state index in [0.29, 0.717) is 16.8 Å². The summed E-state index contributed by atoms with van der Waals surface area (Å²) < 4.78 is 30.3. The van der Waals surface area contributed by atoms with Crippen LogP contribution in [0.3, 0.4) is 0 Å². The van der Waals surface area contributed by atoms with Crippen molar-refractivity contribution in [3.63, 3.8) is 0 Å². The number of ketones is 1. The summed E-state index contributed by atoms with van der Waals surface area (Å²) in [6, 6.07) is 23.1. The molecule has 0 bridgehead atoms. The molecule has 2 unspecified atom stereocenters. The minimum absolute atomic E-state index is 0.379. The maximum absolute atomic E-state index is 15.1. The first-order valence-corrected chi connectivity index (χ1v) is 20.7. The van der Waals surface area contributed by atoms with E-state index in [-0.39, 0.29) is 0 Å². The molecule has 13 heteroatoms. The fraction of sp³-hybridized carbons (Fsp3) is 0.500. The van der Waals surface area contributed by atoms with Gasteiger partial charge in [0.15, 0.2) is 5.78 Å². The maximum Gasteiger partial charge on any atom is 0.413 e. The Morgan fingerprint density at radius 1 is 0.656 bits per heavy atom. The quantitative estimate of drug-likeness (QED) is 0.157. The van der Waals surface area contributed by atoms with Gasteiger partial charge in [-0.1, -0.05) is 78.9 Å². The summed E-state index contributed by atoms with van der Waals surface area (Å²) in [6.07, 6.45) is -2.25. The predicted octanol–water partition coefficient (Wildman–Crippen LogP) is 9.83. The Hall–Kier alpha value is -5.24. The van der Waals surface area contributed by atoms with Crippen LogP contribution in [0.4, 0.5) is 20.1 Å². The number of benzene rings is 3. The summed E-state index contributed by atoms with van der Waals surface area (Å²) in [4.78, 5) is 58.6. The minimum Gasteiger partial charge on any atom is -0.444 e. The average Bonchev–Trinajstić information content (AvgIpc) is 3.58. The van der Waals surface area contributed by atoms with Crippen molar-refractivity contribution >= 4 is 29.8 Å². The predicted molar refractivity (Wildman–Crippen MR) is 232 cm³/mol. The van der Waals surface area contributed by atoms with E-state index in [4.69, 9.17) is 23.7 Å². The van der Waals surface area contributed by atoms with Crippen LogP contribution in [-0.2, 0) is 28.5 Å². The van der Waals surface area contributed by atoms with Gasteiger partial charge >= 0.3 is 18.3 Å². The smallest absolute Gasteiger partial charge is 0.413 e. The molecule has 3 aromatic rings. The first-order chi connectivity index (χ1) is 28.2. The Morgan fingerprint density at radius 2 is 1.10 bits per heavy atom. The molecule has 13 nitrogen and oxygen atoms in total. The van der Waals surface area contributed by atoms with Gasteiger partial charge in [-0.25, -0.2) is 14.4 Å². The van der Waals surface area contributed by atoms with Gasteiger partial charge in [0.05, 0.1) is 24.1 Å². The highest BCUT2D eigenvalue weighted by Crippen LogP contribution is 2.47. The molecule has 0 radical (unpaired) electrons. The normalized spacial score (nSPS) is 22.4. The molecular weight excluding hydrogens is 779 g/mol. The SMILES string of the molecule is CC(C)(C)OC(=O)Nc1ccc(C(C(=O)/C=C/[C@@H]2[C@@H](c3ccccc3)OC(C)(C)N2C(=O)OC(C)(C)C)C(O)[C@@H]2[C@@H](c3ccccc3)OC(C)(C)N2C(=O)OC(C)(C)C)cc1. The minimum atomic E-state index is -1.59. The van der Waals surface area contributed by atoms with Crippen molar-refractivity contribution < 1.29 is 48.0 Å². The van der Waals surface area contributed by atoms with Crippen molar-refractivity contribution in [2.75, 3.05) is 5.32 Å². The Balaban J connectivity index is 1.64. The van der Waals surface area contributed by atoms with E-state index in [9.17, 15) is 19.5 Å². The second-order valence-electron chi connectivity index (χ2n) is 19.5. The summed E-state index contributed by atoms with van der Waals surface area (Å²) in [5.41, 5.74) is -2.68. The topological polar surface area (TPSA) is 153 Å². The first-order valence-electron chi connectivity index (χ1n) is 20.7. The van der Waals surface area contributed by atoms with Gasteiger partial charge in [-0.15, -0.1) is 0 Å². The van der Waals surface area contributed by atoms with Gasteiger partial charge in [-0.2, -0.15) is 0 Å². The zero-order valence-corrected chi connectivity index (χ0v) is 37.7. The Bertz CT molecular complexity index is 2050. The molecule has 0 aliphatic carbocycles. The molecule has 0 spiro atoms. The van der Waals surface area contributed by atoms with Crippen LogP contribution < -0.4 is 5.32 Å². The number of anilines is 1. The molecule has 2 heterocycles. The number of carbonyl (C=O) groups excluding carboxylic acids is 4. The third-order valence-corrected chi connectivity index (χ3v) is 10.0. The highest BCUT2D eigenvalue weighted by atomic mass is 16.6. The van der Waals surface area contributed by atoms with E-state index in [2.05, 4.69) is 5.32 Å². The van der Waals surface area contributed by atoms with Crippen molar-refractivity contribution in [2.45, 2.75) is 155 Å². The van der Waals surface area contributed by atoms with Gasteiger partial charge in [0, 0.05) is 5.69 Å². The van der Waals surface area contributed by atoms with Crippen molar-refractivity contribution in [1.29, 1.82) is 0 Å². The molecule has 330 valence electrons. The van der Waals surface area contributed by atoms with Crippen LogP contribution in [0.5, 0.6) is 0 Å². The van der Waals surface area contributed by atoms with Crippen LogP contribution >= 0.6 is 0 Å². The molecule has 5 rings (SSSR count). The molecule has 3 aromatic carbocycles. The molecule has 61 heavy (non-hydrogen) atoms. The summed E-state index contributed by atoms with van der Waals surface area (Å²) in [7, 11) is 0. The zero-order valence-electron chi connectivity index (χ0n) is 37.7. The third kappa shape index (κ3) is 11.6. The lowest BCUT2D eigenvalue weighted by Crippen LogP contribution is -2.55. The molecular formula is C48H63N3O10. The van der Waals surface area contributed by atoms with Crippen molar-refractivity contribution in [2.24, 2.45) is 0 Å². The number of rotatable bonds is 9. The fourth-order valence-corrected chi connectivity index (χ4v) is 7.72. The Labute approximate surface area is 360 Å². The second-order valence-corrected chi connectivity index (χ2v) is 19.5. The number of hydrogen-bond donors (Lipinski definition) is 2. The molecule has 0 saturated carbocycles. The van der Waals surface area contributed by atoms with E-state index in [1.165, 1.54) is 15.9 Å². The van der Waals surface area contributed by atoms with Crippen LogP contribution in [0.2, 0.25) is 0 Å². The standard InChI is InChI=1S/C48H63N3O10/c1-44(2,3)59-41(54)49-33-26-24-30(25-27-33)36(38(53)37-40(32-22-18-15-19-23-32)58-48(12,13)51(37)43(56)61-46(7,8)9)35(52)29-28-34-39(31-20-16-14-17-21-31)57-47(10,11)50(34)42(55)60-45(4,5)6/h14-29,34,36-40,53H,1-13H3,(H,49,54)/b29-28+/t34-,36?,37-,38?,39-,40-/m1/s1. The molecule has 2 saturated heterocycles. The van der Waals surface area contributed by atoms with Crippen LogP contribution in [0.1, 0.15) is 125 Å². The van der Waals surface area contributed by atoms with E-state index >= 15 is 4.79 Å². The third-order valence-electron chi connectivity index (χ3n) is 10.0. The highest BCUT2D eigenvalue weighted by molar-refractivity contribution is 5.96. The zero-order chi connectivity index (χ0) is 45.3. The van der Waals surface area contributed by atoms with Gasteiger partial charge in [0.25, 0.3) is 0 Å². The number of hydrogen-bond acceptors (Lipinski definition) is 10. The summed E-state index contributed by atoms with van der Waals surface area (Å²) in [5.74, 6) is -1.85. The lowest BCUT2D eigenvalue weighted by Gasteiger charge is -2.38. The van der Waals surface area contributed by atoms with Gasteiger partial charge in [-0.3, -0.25) is 19.9 Å². The van der Waals surface area contributed by atoms with E-state index in [1.54, 1.807) is 120 Å². The van der Waals surface area contributed by atoms with Crippen LogP contribution in [0.15, 0.2) is 97.1 Å². The maximum atomic E-state index is 15.1. The summed E-state index contributed by atoms with van der Waals surface area (Å²) >= 11 is 0. The molecule has 2 fully saturated rings. The second kappa shape index (κ2) is 17.6. The molecule has 3 amide bonds. The number of nitrogens with one attached hydrogen (secondary N) is 1. The summed E-state index contributed by atoms with van der Waals surface area (Å²) in [6.45, 7) is 22.8. The number of aliphatic hydroxyl groups is 1. The molecule has 6 atom stereocenters. The van der Waals surface area contributed by atoms with Crippen molar-refractivity contribution in [3.05, 3.63) is 114 Å². The van der Waals surface area contributed by atoms with Crippen LogP contribution in [0, 0.1) is 0 Å². The van der Waals surface area contributed by atoms with E-state index in [0.717, 1.165) is 5.56 Å². The highest BCUT2D eigenvalue weighted by Gasteiger charge is 2.57. The largest absolute Gasteiger partial charge is 0.444 e. The number of ether oxygens (including phenoxy) is 5. The Morgan fingerprint density at radius 3 is 1.59 bits per heavy atom. The number of aliphatic hydroxyl groups excluding tert-OH is 1. The van der Waals surface area contributed by atoms with E-state index < -0.39 is 88.6 Å². The van der Waals surface area contributed by atoms with Gasteiger partial charge in [0.1, 0.15) is 40.5 Å². The van der Waals surface area contributed by atoms with Gasteiger partial charge in [0.2, 0.25) is 0 Å². The first kappa shape index (κ1) is 46.8.